The Morgan fingerprint density at radius 2 is 1.68 bits per heavy atom. The van der Waals surface area contributed by atoms with Gasteiger partial charge in [-0.05, 0) is 39.5 Å². The van der Waals surface area contributed by atoms with Gasteiger partial charge in [-0.25, -0.2) is 8.42 Å². The van der Waals surface area contributed by atoms with Gasteiger partial charge in [-0.3, -0.25) is 0 Å². The topological polar surface area (TPSA) is 52.6 Å². The molecule has 6 heteroatoms. The third-order valence-electron chi connectivity index (χ3n) is 3.29. The van der Waals surface area contributed by atoms with E-state index in [1.165, 1.54) is 0 Å². The first-order valence-corrected chi connectivity index (χ1v) is 9.54. The maximum Gasteiger partial charge on any atom is 0.232 e. The van der Waals surface area contributed by atoms with Gasteiger partial charge >= 0.3 is 0 Å². The Morgan fingerprint density at radius 1 is 1.11 bits per heavy atom. The molecule has 4 nitrogen and oxygen atoms in total. The van der Waals surface area contributed by atoms with Gasteiger partial charge < -0.3 is 9.47 Å². The van der Waals surface area contributed by atoms with E-state index in [1.807, 2.05) is 0 Å². The molecule has 19 heavy (non-hydrogen) atoms. The van der Waals surface area contributed by atoms with Crippen molar-refractivity contribution in [2.24, 2.45) is 0 Å². The summed E-state index contributed by atoms with van der Waals surface area (Å²) in [5.74, 6) is 0.0738. The van der Waals surface area contributed by atoms with Crippen LogP contribution in [0.5, 0.6) is 0 Å². The number of ether oxygens (including phenoxy) is 2. The Hall–Kier alpha value is 0.160. The number of halogens is 1. The third-order valence-corrected chi connectivity index (χ3v) is 4.53. The van der Waals surface area contributed by atoms with Gasteiger partial charge in [0.1, 0.15) is 0 Å². The fourth-order valence-corrected chi connectivity index (χ4v) is 3.34. The van der Waals surface area contributed by atoms with Crippen LogP contribution >= 0.6 is 10.7 Å². The molecular weight excluding hydrogens is 288 g/mol. The van der Waals surface area contributed by atoms with E-state index in [0.717, 1.165) is 38.7 Å². The first kappa shape index (κ1) is 17.2. The van der Waals surface area contributed by atoms with E-state index in [4.69, 9.17) is 20.2 Å². The average Bonchev–Trinajstić information content (AvgIpc) is 2.25. The molecule has 1 aliphatic heterocycles. The van der Waals surface area contributed by atoms with Crippen LogP contribution in [0.15, 0.2) is 0 Å². The van der Waals surface area contributed by atoms with Crippen molar-refractivity contribution in [2.75, 3.05) is 12.4 Å². The molecule has 114 valence electrons. The molecule has 1 saturated heterocycles. The molecule has 0 aliphatic carbocycles. The Balaban J connectivity index is 1.99. The lowest BCUT2D eigenvalue weighted by Gasteiger charge is -2.32. The number of hydrogen-bond donors (Lipinski definition) is 0. The Labute approximate surface area is 121 Å². The monoisotopic (exact) mass is 312 g/mol. The van der Waals surface area contributed by atoms with E-state index >= 15 is 0 Å². The minimum Gasteiger partial charge on any atom is -0.378 e. The number of rotatable bonds is 8. The van der Waals surface area contributed by atoms with Crippen LogP contribution in [0.1, 0.15) is 52.4 Å². The Bertz CT molecular complexity index is 335. The summed E-state index contributed by atoms with van der Waals surface area (Å²) in [5.41, 5.74) is 0. The molecule has 0 radical (unpaired) electrons. The number of unbranched alkanes of at least 4 members (excludes halogenated alkanes) is 3. The normalized spacial score (nSPS) is 28.5. The maximum absolute atomic E-state index is 10.7. The second kappa shape index (κ2) is 8.45. The van der Waals surface area contributed by atoms with E-state index in [2.05, 4.69) is 13.8 Å². The summed E-state index contributed by atoms with van der Waals surface area (Å²) < 4.78 is 32.9. The first-order valence-electron chi connectivity index (χ1n) is 7.06. The highest BCUT2D eigenvalue weighted by Crippen LogP contribution is 2.21. The zero-order chi connectivity index (χ0) is 14.3. The lowest BCUT2D eigenvalue weighted by atomic mass is 10.0. The molecule has 0 spiro atoms. The van der Waals surface area contributed by atoms with Crippen LogP contribution in [0.2, 0.25) is 0 Å². The van der Waals surface area contributed by atoms with Crippen LogP contribution in [0, 0.1) is 0 Å². The molecule has 2 atom stereocenters. The van der Waals surface area contributed by atoms with E-state index in [0.29, 0.717) is 12.5 Å². The molecule has 1 fully saturated rings. The van der Waals surface area contributed by atoms with Gasteiger partial charge in [-0.15, -0.1) is 0 Å². The van der Waals surface area contributed by atoms with Crippen LogP contribution in [0.3, 0.4) is 0 Å². The SMILES string of the molecule is CC1CC(OCCCCCCS(=O)(=O)Cl)CC(C)O1. The molecule has 0 bridgehead atoms. The van der Waals surface area contributed by atoms with Crippen molar-refractivity contribution < 1.29 is 17.9 Å². The lowest BCUT2D eigenvalue weighted by Crippen LogP contribution is -2.34. The van der Waals surface area contributed by atoms with Crippen molar-refractivity contribution >= 4 is 19.7 Å². The van der Waals surface area contributed by atoms with Crippen LogP contribution in [-0.4, -0.2) is 39.1 Å². The average molecular weight is 313 g/mol. The van der Waals surface area contributed by atoms with Crippen molar-refractivity contribution in [1.82, 2.24) is 0 Å². The third kappa shape index (κ3) is 8.84. The van der Waals surface area contributed by atoms with Crippen molar-refractivity contribution in [3.63, 3.8) is 0 Å². The summed E-state index contributed by atoms with van der Waals surface area (Å²) in [6, 6.07) is 0. The second-order valence-electron chi connectivity index (χ2n) is 5.38. The van der Waals surface area contributed by atoms with Crippen LogP contribution in [-0.2, 0) is 18.5 Å². The molecule has 0 aromatic rings. The Kier molecular flexibility index (Phi) is 7.65. The smallest absolute Gasteiger partial charge is 0.232 e. The molecule has 1 rings (SSSR count). The first-order chi connectivity index (χ1) is 8.87. The van der Waals surface area contributed by atoms with Gasteiger partial charge in [-0.2, -0.15) is 0 Å². The summed E-state index contributed by atoms with van der Waals surface area (Å²) in [6.07, 6.45) is 6.28. The molecule has 2 unspecified atom stereocenters. The highest BCUT2D eigenvalue weighted by Gasteiger charge is 2.24. The Morgan fingerprint density at radius 3 is 2.26 bits per heavy atom. The van der Waals surface area contributed by atoms with E-state index in [-0.39, 0.29) is 18.0 Å². The van der Waals surface area contributed by atoms with Crippen LogP contribution in [0.4, 0.5) is 0 Å². The highest BCUT2D eigenvalue weighted by atomic mass is 35.7. The molecule has 1 heterocycles. The van der Waals surface area contributed by atoms with E-state index in [9.17, 15) is 8.42 Å². The molecule has 0 saturated carbocycles. The zero-order valence-corrected chi connectivity index (χ0v) is 13.4. The van der Waals surface area contributed by atoms with Gasteiger partial charge in [0.25, 0.3) is 0 Å². The summed E-state index contributed by atoms with van der Waals surface area (Å²) in [4.78, 5) is 0. The minimum absolute atomic E-state index is 0.0738. The lowest BCUT2D eigenvalue weighted by molar-refractivity contribution is -0.102. The maximum atomic E-state index is 10.7. The van der Waals surface area contributed by atoms with Gasteiger partial charge in [0, 0.05) is 17.3 Å². The van der Waals surface area contributed by atoms with Crippen LogP contribution < -0.4 is 0 Å². The van der Waals surface area contributed by atoms with Gasteiger partial charge in [0.05, 0.1) is 24.1 Å². The van der Waals surface area contributed by atoms with Crippen LogP contribution in [0.25, 0.3) is 0 Å². The van der Waals surface area contributed by atoms with Crippen molar-refractivity contribution in [3.8, 4) is 0 Å². The molecule has 0 aromatic heterocycles. The molecule has 1 aliphatic rings. The van der Waals surface area contributed by atoms with Crippen molar-refractivity contribution in [1.29, 1.82) is 0 Å². The minimum atomic E-state index is -3.32. The molecule has 0 N–H and O–H groups in total. The summed E-state index contributed by atoms with van der Waals surface area (Å²) in [7, 11) is 1.82. The van der Waals surface area contributed by atoms with Gasteiger partial charge in [-0.1, -0.05) is 12.8 Å². The number of hydrogen-bond acceptors (Lipinski definition) is 4. The summed E-state index contributed by atoms with van der Waals surface area (Å²) in [6.45, 7) is 4.91. The molecule has 0 aromatic carbocycles. The highest BCUT2D eigenvalue weighted by molar-refractivity contribution is 8.13. The summed E-state index contributed by atoms with van der Waals surface area (Å²) in [5, 5.41) is 0. The summed E-state index contributed by atoms with van der Waals surface area (Å²) >= 11 is 0. The van der Waals surface area contributed by atoms with E-state index in [1.54, 1.807) is 0 Å². The predicted octanol–water partition coefficient (Wildman–Crippen LogP) is 3.09. The standard InChI is InChI=1S/C13H25ClO4S/c1-11-9-13(10-12(2)18-11)17-7-5-3-4-6-8-19(14,15)16/h11-13H,3-10H2,1-2H3. The van der Waals surface area contributed by atoms with E-state index < -0.39 is 9.05 Å². The fraction of sp³-hybridized carbons (Fsp3) is 1.00. The molecule has 0 amide bonds. The predicted molar refractivity (Wildman–Crippen MR) is 77.1 cm³/mol. The van der Waals surface area contributed by atoms with Gasteiger partial charge in [0.15, 0.2) is 0 Å². The van der Waals surface area contributed by atoms with Crippen molar-refractivity contribution in [2.45, 2.75) is 70.7 Å². The second-order valence-corrected chi connectivity index (χ2v) is 8.28. The largest absolute Gasteiger partial charge is 0.378 e. The molecular formula is C13H25ClO4S. The fourth-order valence-electron chi connectivity index (χ4n) is 2.46. The van der Waals surface area contributed by atoms with Crippen molar-refractivity contribution in [3.05, 3.63) is 0 Å². The zero-order valence-electron chi connectivity index (χ0n) is 11.8. The van der Waals surface area contributed by atoms with Gasteiger partial charge in [0.2, 0.25) is 9.05 Å². The quantitative estimate of drug-likeness (QED) is 0.510.